The van der Waals surface area contributed by atoms with Gasteiger partial charge in [0.2, 0.25) is 5.91 Å². The van der Waals surface area contributed by atoms with Crippen LogP contribution in [0.2, 0.25) is 0 Å². The molecule has 0 aromatic carbocycles. The molecule has 0 aliphatic heterocycles. The van der Waals surface area contributed by atoms with E-state index < -0.39 is 0 Å². The van der Waals surface area contributed by atoms with Gasteiger partial charge in [-0.2, -0.15) is 5.10 Å². The van der Waals surface area contributed by atoms with Gasteiger partial charge >= 0.3 is 0 Å². The van der Waals surface area contributed by atoms with Crippen LogP contribution in [-0.2, 0) is 18.4 Å². The van der Waals surface area contributed by atoms with Gasteiger partial charge < -0.3 is 5.32 Å². The van der Waals surface area contributed by atoms with Crippen LogP contribution in [0.3, 0.4) is 0 Å². The minimum Gasteiger partial charge on any atom is -0.350 e. The number of pyridine rings is 1. The van der Waals surface area contributed by atoms with E-state index in [0.717, 1.165) is 36.2 Å². The number of nitrogens with one attached hydrogen (secondary N) is 1. The predicted molar refractivity (Wildman–Crippen MR) is 84.8 cm³/mol. The highest BCUT2D eigenvalue weighted by Gasteiger charge is 2.18. The molecule has 1 N–H and O–H groups in total. The number of amides is 1. The predicted octanol–water partition coefficient (Wildman–Crippen LogP) is 2.45. The first-order valence-electron chi connectivity index (χ1n) is 7.60. The molecule has 0 spiro atoms. The zero-order valence-electron chi connectivity index (χ0n) is 12.7. The zero-order valence-corrected chi connectivity index (χ0v) is 12.7. The number of hydrogen-bond acceptors (Lipinski definition) is 3. The van der Waals surface area contributed by atoms with Crippen molar-refractivity contribution in [1.82, 2.24) is 20.1 Å². The van der Waals surface area contributed by atoms with Gasteiger partial charge in [0.25, 0.3) is 0 Å². The molecule has 2 aromatic rings. The standard InChI is InChI=1S/C17H20N4O/c1-21-16(13-7-9-18-10-8-13)11-15(20-21)12-19-17(22)14-5-3-2-4-6-14/h2-3,7-11,14H,4-6,12H2,1H3,(H,19,22). The van der Waals surface area contributed by atoms with Gasteiger partial charge in [-0.25, -0.2) is 0 Å². The van der Waals surface area contributed by atoms with Crippen molar-refractivity contribution in [1.29, 1.82) is 0 Å². The number of hydrogen-bond donors (Lipinski definition) is 1. The van der Waals surface area contributed by atoms with Crippen LogP contribution >= 0.6 is 0 Å². The van der Waals surface area contributed by atoms with Crippen LogP contribution in [0.15, 0.2) is 42.7 Å². The lowest BCUT2D eigenvalue weighted by Crippen LogP contribution is -2.30. The Labute approximate surface area is 130 Å². The Bertz CT molecular complexity index is 675. The van der Waals surface area contributed by atoms with Gasteiger partial charge in [-0.1, -0.05) is 12.2 Å². The van der Waals surface area contributed by atoms with Crippen molar-refractivity contribution in [2.24, 2.45) is 13.0 Å². The molecule has 0 bridgehead atoms. The van der Waals surface area contributed by atoms with Crippen molar-refractivity contribution in [3.8, 4) is 11.3 Å². The molecule has 114 valence electrons. The summed E-state index contributed by atoms with van der Waals surface area (Å²) in [5, 5.41) is 7.47. The largest absolute Gasteiger partial charge is 0.350 e. The molecular formula is C17H20N4O. The molecule has 1 aliphatic rings. The molecule has 0 fully saturated rings. The highest BCUT2D eigenvalue weighted by molar-refractivity contribution is 5.79. The SMILES string of the molecule is Cn1nc(CNC(=O)C2CC=CCC2)cc1-c1ccncc1. The monoisotopic (exact) mass is 296 g/mol. The Hall–Kier alpha value is -2.43. The quantitative estimate of drug-likeness (QED) is 0.882. The van der Waals surface area contributed by atoms with Crippen LogP contribution in [0.1, 0.15) is 25.0 Å². The second-order valence-corrected chi connectivity index (χ2v) is 5.58. The molecule has 5 nitrogen and oxygen atoms in total. The maximum atomic E-state index is 12.1. The third-order valence-electron chi connectivity index (χ3n) is 3.99. The second kappa shape index (κ2) is 6.56. The molecule has 2 heterocycles. The van der Waals surface area contributed by atoms with Crippen LogP contribution < -0.4 is 5.32 Å². The normalized spacial score (nSPS) is 17.4. The van der Waals surface area contributed by atoms with Gasteiger partial charge in [0.1, 0.15) is 0 Å². The third-order valence-corrected chi connectivity index (χ3v) is 3.99. The van der Waals surface area contributed by atoms with Gasteiger partial charge in [-0.05, 0) is 37.5 Å². The van der Waals surface area contributed by atoms with E-state index in [9.17, 15) is 4.79 Å². The summed E-state index contributed by atoms with van der Waals surface area (Å²) in [7, 11) is 1.91. The topological polar surface area (TPSA) is 59.8 Å². The Kier molecular flexibility index (Phi) is 4.32. The van der Waals surface area contributed by atoms with Gasteiger partial charge in [-0.15, -0.1) is 0 Å². The molecule has 22 heavy (non-hydrogen) atoms. The lowest BCUT2D eigenvalue weighted by Gasteiger charge is -2.16. The molecule has 0 saturated carbocycles. The maximum absolute atomic E-state index is 12.1. The molecule has 1 atom stereocenters. The molecule has 5 heteroatoms. The lowest BCUT2D eigenvalue weighted by molar-refractivity contribution is -0.125. The molecule has 0 saturated heterocycles. The van der Waals surface area contributed by atoms with E-state index >= 15 is 0 Å². The summed E-state index contributed by atoms with van der Waals surface area (Å²) < 4.78 is 1.83. The first-order valence-corrected chi connectivity index (χ1v) is 7.60. The summed E-state index contributed by atoms with van der Waals surface area (Å²) in [6.45, 7) is 0.470. The Morgan fingerprint density at radius 2 is 2.18 bits per heavy atom. The molecule has 3 rings (SSSR count). The van der Waals surface area contributed by atoms with Crippen molar-refractivity contribution < 1.29 is 4.79 Å². The van der Waals surface area contributed by atoms with Crippen LogP contribution in [0, 0.1) is 5.92 Å². The van der Waals surface area contributed by atoms with E-state index in [-0.39, 0.29) is 11.8 Å². The molecule has 2 aromatic heterocycles. The van der Waals surface area contributed by atoms with Gasteiger partial charge in [0, 0.05) is 30.9 Å². The second-order valence-electron chi connectivity index (χ2n) is 5.58. The minimum atomic E-state index is 0.105. The number of aryl methyl sites for hydroxylation is 1. The fourth-order valence-electron chi connectivity index (χ4n) is 2.76. The van der Waals surface area contributed by atoms with E-state index in [1.54, 1.807) is 12.4 Å². The summed E-state index contributed by atoms with van der Waals surface area (Å²) in [5.74, 6) is 0.230. The van der Waals surface area contributed by atoms with Crippen molar-refractivity contribution in [3.05, 3.63) is 48.4 Å². The van der Waals surface area contributed by atoms with Crippen molar-refractivity contribution >= 4 is 5.91 Å². The number of allylic oxidation sites excluding steroid dienone is 2. The third kappa shape index (κ3) is 3.24. The van der Waals surface area contributed by atoms with Gasteiger partial charge in [0.15, 0.2) is 0 Å². The van der Waals surface area contributed by atoms with Crippen molar-refractivity contribution in [3.63, 3.8) is 0 Å². The molecule has 0 radical (unpaired) electrons. The average Bonchev–Trinajstić information content (AvgIpc) is 2.95. The average molecular weight is 296 g/mol. The minimum absolute atomic E-state index is 0.105. The van der Waals surface area contributed by atoms with Crippen LogP contribution in [0.4, 0.5) is 0 Å². The van der Waals surface area contributed by atoms with E-state index in [1.165, 1.54) is 0 Å². The fraction of sp³-hybridized carbons (Fsp3) is 0.353. The smallest absolute Gasteiger partial charge is 0.223 e. The molecule has 1 aliphatic carbocycles. The lowest BCUT2D eigenvalue weighted by atomic mass is 9.94. The summed E-state index contributed by atoms with van der Waals surface area (Å²) in [5.41, 5.74) is 2.96. The number of aromatic nitrogens is 3. The van der Waals surface area contributed by atoms with Crippen LogP contribution in [-0.4, -0.2) is 20.7 Å². The Morgan fingerprint density at radius 1 is 1.36 bits per heavy atom. The number of rotatable bonds is 4. The Morgan fingerprint density at radius 3 is 2.91 bits per heavy atom. The number of carbonyl (C=O) groups excluding carboxylic acids is 1. The highest BCUT2D eigenvalue weighted by Crippen LogP contribution is 2.20. The number of carbonyl (C=O) groups is 1. The maximum Gasteiger partial charge on any atom is 0.223 e. The number of nitrogens with zero attached hydrogens (tertiary/aromatic N) is 3. The van der Waals surface area contributed by atoms with E-state index in [4.69, 9.17) is 0 Å². The van der Waals surface area contributed by atoms with Gasteiger partial charge in [-0.3, -0.25) is 14.5 Å². The van der Waals surface area contributed by atoms with E-state index in [1.807, 2.05) is 29.9 Å². The first kappa shape index (κ1) is 14.5. The van der Waals surface area contributed by atoms with Gasteiger partial charge in [0.05, 0.1) is 17.9 Å². The zero-order chi connectivity index (χ0) is 15.4. The summed E-state index contributed by atoms with van der Waals surface area (Å²) in [4.78, 5) is 16.2. The fourth-order valence-corrected chi connectivity index (χ4v) is 2.76. The van der Waals surface area contributed by atoms with Crippen LogP contribution in [0.5, 0.6) is 0 Å². The van der Waals surface area contributed by atoms with E-state index in [2.05, 4.69) is 27.6 Å². The first-order chi connectivity index (χ1) is 10.7. The van der Waals surface area contributed by atoms with E-state index in [0.29, 0.717) is 6.54 Å². The Balaban J connectivity index is 1.64. The molecular weight excluding hydrogens is 276 g/mol. The summed E-state index contributed by atoms with van der Waals surface area (Å²) in [6, 6.07) is 5.91. The van der Waals surface area contributed by atoms with Crippen molar-refractivity contribution in [2.45, 2.75) is 25.8 Å². The molecule has 1 amide bonds. The summed E-state index contributed by atoms with van der Waals surface area (Å²) >= 11 is 0. The summed E-state index contributed by atoms with van der Waals surface area (Å²) in [6.07, 6.45) is 10.5. The van der Waals surface area contributed by atoms with Crippen LogP contribution in [0.25, 0.3) is 11.3 Å². The van der Waals surface area contributed by atoms with Crippen molar-refractivity contribution in [2.75, 3.05) is 0 Å². The highest BCUT2D eigenvalue weighted by atomic mass is 16.1. The molecule has 1 unspecified atom stereocenters.